The van der Waals surface area contributed by atoms with Crippen LogP contribution in [0.25, 0.3) is 16.8 Å². The Bertz CT molecular complexity index is 1150. The van der Waals surface area contributed by atoms with Crippen LogP contribution in [0.2, 0.25) is 5.02 Å². The van der Waals surface area contributed by atoms with Crippen molar-refractivity contribution in [2.24, 2.45) is 0 Å². The van der Waals surface area contributed by atoms with Gasteiger partial charge >= 0.3 is 0 Å². The Morgan fingerprint density at radius 1 is 0.667 bits per heavy atom. The minimum absolute atomic E-state index is 0.679. The smallest absolute Gasteiger partial charge is 0.178 e. The summed E-state index contributed by atoms with van der Waals surface area (Å²) in [5.74, 6) is 0.884. The maximum Gasteiger partial charge on any atom is 0.178 e. The van der Waals surface area contributed by atoms with Crippen LogP contribution in [0.3, 0.4) is 0 Å². The second-order valence-corrected chi connectivity index (χ2v) is 7.18. The molecule has 1 unspecified atom stereocenters. The van der Waals surface area contributed by atoms with Gasteiger partial charge < -0.3 is 4.74 Å². The molecule has 2 heteroatoms. The molecule has 0 aromatic heterocycles. The van der Waals surface area contributed by atoms with Crippen LogP contribution in [-0.2, 0) is 5.60 Å². The largest absolute Gasteiger partial charge is 0.473 e. The molecule has 5 rings (SSSR count). The fraction of sp³-hybridized carbons (Fsp3) is 0.0400. The monoisotopic (exact) mass is 368 g/mol. The highest BCUT2D eigenvalue weighted by Crippen LogP contribution is 2.44. The summed E-state index contributed by atoms with van der Waals surface area (Å²) in [6.07, 6.45) is 4.34. The van der Waals surface area contributed by atoms with Gasteiger partial charge in [0.1, 0.15) is 5.75 Å². The zero-order valence-corrected chi connectivity index (χ0v) is 15.4. The minimum atomic E-state index is -0.679. The molecule has 27 heavy (non-hydrogen) atoms. The van der Waals surface area contributed by atoms with E-state index in [9.17, 15) is 0 Å². The molecule has 4 aromatic carbocycles. The van der Waals surface area contributed by atoms with Crippen molar-refractivity contribution in [1.29, 1.82) is 0 Å². The third-order valence-corrected chi connectivity index (χ3v) is 5.41. The van der Waals surface area contributed by atoms with Gasteiger partial charge in [-0.25, -0.2) is 0 Å². The fourth-order valence-corrected chi connectivity index (χ4v) is 3.93. The van der Waals surface area contributed by atoms with E-state index in [-0.39, 0.29) is 0 Å². The first kappa shape index (κ1) is 16.2. The molecule has 0 radical (unpaired) electrons. The van der Waals surface area contributed by atoms with E-state index in [0.29, 0.717) is 5.02 Å². The van der Waals surface area contributed by atoms with E-state index in [1.807, 2.05) is 42.5 Å². The van der Waals surface area contributed by atoms with Gasteiger partial charge in [0.2, 0.25) is 0 Å². The second-order valence-electron chi connectivity index (χ2n) is 6.74. The minimum Gasteiger partial charge on any atom is -0.473 e. The molecule has 0 N–H and O–H groups in total. The maximum absolute atomic E-state index is 6.71. The highest BCUT2D eigenvalue weighted by atomic mass is 35.5. The lowest BCUT2D eigenvalue weighted by atomic mass is 9.83. The Labute approximate surface area is 163 Å². The van der Waals surface area contributed by atoms with Gasteiger partial charge in [0.15, 0.2) is 5.60 Å². The molecule has 0 fully saturated rings. The molecule has 0 spiro atoms. The Morgan fingerprint density at radius 2 is 1.37 bits per heavy atom. The number of ether oxygens (including phenoxy) is 1. The number of hydrogen-bond acceptors (Lipinski definition) is 1. The average molecular weight is 369 g/mol. The Balaban J connectivity index is 1.74. The van der Waals surface area contributed by atoms with E-state index in [4.69, 9.17) is 16.3 Å². The summed E-state index contributed by atoms with van der Waals surface area (Å²) < 4.78 is 6.71. The molecule has 130 valence electrons. The summed E-state index contributed by atoms with van der Waals surface area (Å²) in [5.41, 5.74) is 2.57. The van der Waals surface area contributed by atoms with Gasteiger partial charge in [-0.1, -0.05) is 84.4 Å². The number of hydrogen-bond donors (Lipinski definition) is 0. The predicted molar refractivity (Wildman–Crippen MR) is 112 cm³/mol. The maximum atomic E-state index is 6.71. The molecular formula is C25H17ClO. The number of halogens is 1. The topological polar surface area (TPSA) is 9.23 Å². The molecule has 4 aromatic rings. The fourth-order valence-electron chi connectivity index (χ4n) is 3.80. The first-order chi connectivity index (χ1) is 13.3. The summed E-state index contributed by atoms with van der Waals surface area (Å²) in [6.45, 7) is 0. The Kier molecular flexibility index (Phi) is 3.77. The summed E-state index contributed by atoms with van der Waals surface area (Å²) in [4.78, 5) is 0. The van der Waals surface area contributed by atoms with Crippen molar-refractivity contribution < 1.29 is 4.74 Å². The number of fused-ring (bicyclic) bond motifs is 3. The summed E-state index contributed by atoms with van der Waals surface area (Å²) in [6, 6.07) is 30.8. The van der Waals surface area contributed by atoms with Gasteiger partial charge in [-0.2, -0.15) is 0 Å². The second kappa shape index (κ2) is 6.29. The molecule has 1 nitrogen and oxygen atoms in total. The highest BCUT2D eigenvalue weighted by molar-refractivity contribution is 6.30. The van der Waals surface area contributed by atoms with Crippen LogP contribution in [0.5, 0.6) is 5.75 Å². The molecule has 0 bridgehead atoms. The third kappa shape index (κ3) is 2.63. The van der Waals surface area contributed by atoms with Crippen LogP contribution in [-0.4, -0.2) is 0 Å². The average Bonchev–Trinajstić information content (AvgIpc) is 2.74. The van der Waals surface area contributed by atoms with E-state index in [1.165, 1.54) is 10.8 Å². The van der Waals surface area contributed by atoms with E-state index in [2.05, 4.69) is 60.7 Å². The predicted octanol–water partition coefficient (Wildman–Crippen LogP) is 6.84. The number of rotatable bonds is 2. The molecule has 0 amide bonds. The molecule has 1 atom stereocenters. The van der Waals surface area contributed by atoms with Crippen molar-refractivity contribution in [2.75, 3.05) is 0 Å². The zero-order chi connectivity index (χ0) is 18.3. The first-order valence-electron chi connectivity index (χ1n) is 8.98. The van der Waals surface area contributed by atoms with E-state index in [0.717, 1.165) is 22.4 Å². The summed E-state index contributed by atoms with van der Waals surface area (Å²) in [7, 11) is 0. The van der Waals surface area contributed by atoms with Crippen LogP contribution in [0.15, 0.2) is 97.1 Å². The van der Waals surface area contributed by atoms with Gasteiger partial charge in [-0.05, 0) is 41.1 Å². The van der Waals surface area contributed by atoms with Crippen molar-refractivity contribution in [2.45, 2.75) is 5.60 Å². The van der Waals surface area contributed by atoms with Gasteiger partial charge in [-0.3, -0.25) is 0 Å². The quantitative estimate of drug-likeness (QED) is 0.376. The first-order valence-corrected chi connectivity index (χ1v) is 9.36. The van der Waals surface area contributed by atoms with Crippen molar-refractivity contribution in [3.8, 4) is 5.75 Å². The lowest BCUT2D eigenvalue weighted by molar-refractivity contribution is 0.161. The van der Waals surface area contributed by atoms with Crippen LogP contribution >= 0.6 is 11.6 Å². The van der Waals surface area contributed by atoms with E-state index >= 15 is 0 Å². The molecule has 1 aliphatic rings. The summed E-state index contributed by atoms with van der Waals surface area (Å²) in [5, 5.41) is 3.13. The zero-order valence-electron chi connectivity index (χ0n) is 14.6. The highest BCUT2D eigenvalue weighted by Gasteiger charge is 2.37. The third-order valence-electron chi connectivity index (χ3n) is 5.16. The molecule has 0 aliphatic carbocycles. The number of benzene rings is 4. The standard InChI is InChI=1S/C25H17ClO/c26-21-13-11-20(12-14-21)25(19-7-2-1-3-8-19)17-16-23-22-9-5-4-6-18(22)10-15-24(23)27-25/h1-17H. The van der Waals surface area contributed by atoms with Crippen LogP contribution in [0.1, 0.15) is 16.7 Å². The van der Waals surface area contributed by atoms with Gasteiger partial charge in [0, 0.05) is 21.7 Å². The van der Waals surface area contributed by atoms with Crippen LogP contribution < -0.4 is 4.74 Å². The van der Waals surface area contributed by atoms with Gasteiger partial charge in [0.05, 0.1) is 0 Å². The lowest BCUT2D eigenvalue weighted by Gasteiger charge is -2.36. The van der Waals surface area contributed by atoms with E-state index < -0.39 is 5.60 Å². The van der Waals surface area contributed by atoms with Crippen LogP contribution in [0, 0.1) is 0 Å². The molecule has 0 saturated carbocycles. The van der Waals surface area contributed by atoms with Crippen molar-refractivity contribution in [3.63, 3.8) is 0 Å². The van der Waals surface area contributed by atoms with Gasteiger partial charge in [-0.15, -0.1) is 0 Å². The Hall–Kier alpha value is -3.03. The molecular weight excluding hydrogens is 352 g/mol. The molecule has 1 aliphatic heterocycles. The lowest BCUT2D eigenvalue weighted by Crippen LogP contribution is -2.34. The van der Waals surface area contributed by atoms with Crippen LogP contribution in [0.4, 0.5) is 0 Å². The Morgan fingerprint density at radius 3 is 2.19 bits per heavy atom. The van der Waals surface area contributed by atoms with Crippen molar-refractivity contribution >= 4 is 28.4 Å². The SMILES string of the molecule is Clc1ccc(C2(c3ccccc3)C=Cc3c(ccc4ccccc34)O2)cc1. The van der Waals surface area contributed by atoms with Crippen molar-refractivity contribution in [3.05, 3.63) is 119 Å². The molecule has 1 heterocycles. The van der Waals surface area contributed by atoms with E-state index in [1.54, 1.807) is 0 Å². The normalized spacial score (nSPS) is 18.1. The van der Waals surface area contributed by atoms with Gasteiger partial charge in [0.25, 0.3) is 0 Å². The summed E-state index contributed by atoms with van der Waals surface area (Å²) >= 11 is 6.13. The van der Waals surface area contributed by atoms with Crippen molar-refractivity contribution in [1.82, 2.24) is 0 Å². The molecule has 0 saturated heterocycles.